The molecule has 8 atom stereocenters. The van der Waals surface area contributed by atoms with Crippen molar-refractivity contribution in [2.45, 2.75) is 142 Å². The maximum Gasteiger partial charge on any atom is 0.192 e. The highest BCUT2D eigenvalue weighted by Crippen LogP contribution is 2.67. The van der Waals surface area contributed by atoms with Crippen molar-refractivity contribution in [1.29, 1.82) is 0 Å². The van der Waals surface area contributed by atoms with Crippen molar-refractivity contribution in [3.8, 4) is 0 Å². The number of rotatable bonds is 4. The molecular weight excluding hydrogens is 396 g/mol. The molecule has 0 saturated heterocycles. The number of hydrogen-bond donors (Lipinski definition) is 1. The van der Waals surface area contributed by atoms with E-state index in [1.54, 1.807) is 0 Å². The summed E-state index contributed by atoms with van der Waals surface area (Å²) < 4.78 is 7.11. The third-order valence-electron chi connectivity index (χ3n) is 11.7. The van der Waals surface area contributed by atoms with Crippen molar-refractivity contribution >= 4 is 8.32 Å². The fourth-order valence-electron chi connectivity index (χ4n) is 8.69. The normalized spacial score (nSPS) is 48.1. The highest BCUT2D eigenvalue weighted by atomic mass is 28.4. The second-order valence-electron chi connectivity index (χ2n) is 14.3. The molecule has 4 aliphatic rings. The van der Waals surface area contributed by atoms with Gasteiger partial charge in [0.15, 0.2) is 8.32 Å². The van der Waals surface area contributed by atoms with Gasteiger partial charge in [-0.25, -0.2) is 0 Å². The summed E-state index contributed by atoms with van der Waals surface area (Å²) in [5.41, 5.74) is 0.477. The van der Waals surface area contributed by atoms with Gasteiger partial charge in [0, 0.05) is 0 Å². The van der Waals surface area contributed by atoms with Gasteiger partial charge >= 0.3 is 0 Å². The molecule has 0 aromatic carbocycles. The molecule has 0 amide bonds. The van der Waals surface area contributed by atoms with Gasteiger partial charge in [0.25, 0.3) is 0 Å². The van der Waals surface area contributed by atoms with Gasteiger partial charge in [-0.2, -0.15) is 0 Å². The van der Waals surface area contributed by atoms with Crippen LogP contribution in [0.15, 0.2) is 0 Å². The summed E-state index contributed by atoms with van der Waals surface area (Å²) in [6.07, 6.45) is 14.1. The van der Waals surface area contributed by atoms with Gasteiger partial charge in [-0.15, -0.1) is 0 Å². The molecule has 4 fully saturated rings. The van der Waals surface area contributed by atoms with E-state index in [-0.39, 0.29) is 5.60 Å². The minimum atomic E-state index is -1.73. The Balaban J connectivity index is 1.51. The zero-order chi connectivity index (χ0) is 22.9. The molecule has 4 rings (SSSR count). The van der Waals surface area contributed by atoms with Gasteiger partial charge in [-0.05, 0) is 117 Å². The van der Waals surface area contributed by atoms with Crippen LogP contribution in [0.3, 0.4) is 0 Å². The molecule has 0 aromatic rings. The summed E-state index contributed by atoms with van der Waals surface area (Å²) in [4.78, 5) is 0. The first kappa shape index (κ1) is 24.3. The third kappa shape index (κ3) is 3.91. The summed E-state index contributed by atoms with van der Waals surface area (Å²) in [7, 11) is -1.73. The van der Waals surface area contributed by atoms with E-state index >= 15 is 0 Å². The van der Waals surface area contributed by atoms with E-state index in [0.717, 1.165) is 49.4 Å². The lowest BCUT2D eigenvalue weighted by atomic mass is 9.44. The topological polar surface area (TPSA) is 29.5 Å². The predicted molar refractivity (Wildman–Crippen MR) is 134 cm³/mol. The zero-order valence-electron chi connectivity index (χ0n) is 22.0. The Morgan fingerprint density at radius 1 is 0.903 bits per heavy atom. The van der Waals surface area contributed by atoms with E-state index in [1.807, 2.05) is 0 Å². The Hall–Kier alpha value is 0.137. The monoisotopic (exact) mass is 448 g/mol. The SMILES string of the molecule is CCC[C@]1(O)CC[C@@]2(C)C(CC[C@H]3[C@@H]4CC[C@H](O[Si](C)(C)C(C)(C)C)[C@@]4(C)CC[C@@H]32)C1. The van der Waals surface area contributed by atoms with E-state index in [1.165, 1.54) is 44.9 Å². The molecule has 1 N–H and O–H groups in total. The van der Waals surface area contributed by atoms with E-state index < -0.39 is 8.32 Å². The van der Waals surface area contributed by atoms with Gasteiger partial charge in [0.2, 0.25) is 0 Å². The maximum atomic E-state index is 11.2. The van der Waals surface area contributed by atoms with Crippen molar-refractivity contribution in [3.05, 3.63) is 0 Å². The first-order valence-electron chi connectivity index (χ1n) is 13.7. The number of hydrogen-bond acceptors (Lipinski definition) is 2. The van der Waals surface area contributed by atoms with Crippen molar-refractivity contribution in [3.63, 3.8) is 0 Å². The van der Waals surface area contributed by atoms with Gasteiger partial charge in [0.05, 0.1) is 11.7 Å². The number of fused-ring (bicyclic) bond motifs is 5. The van der Waals surface area contributed by atoms with Crippen LogP contribution in [0.2, 0.25) is 18.1 Å². The Morgan fingerprint density at radius 3 is 2.23 bits per heavy atom. The van der Waals surface area contributed by atoms with E-state index in [2.05, 4.69) is 54.6 Å². The van der Waals surface area contributed by atoms with Gasteiger partial charge in [-0.3, -0.25) is 0 Å². The van der Waals surface area contributed by atoms with Gasteiger partial charge in [0.1, 0.15) is 0 Å². The summed E-state index contributed by atoms with van der Waals surface area (Å²) in [6.45, 7) is 19.5. The van der Waals surface area contributed by atoms with Crippen LogP contribution in [0.1, 0.15) is 112 Å². The molecule has 0 aromatic heterocycles. The van der Waals surface area contributed by atoms with Crippen molar-refractivity contribution < 1.29 is 9.53 Å². The van der Waals surface area contributed by atoms with Crippen LogP contribution in [0.25, 0.3) is 0 Å². The first-order chi connectivity index (χ1) is 14.3. The predicted octanol–water partition coefficient (Wildman–Crippen LogP) is 7.95. The van der Waals surface area contributed by atoms with Crippen LogP contribution < -0.4 is 0 Å². The summed E-state index contributed by atoms with van der Waals surface area (Å²) in [5.74, 6) is 3.37. The summed E-state index contributed by atoms with van der Waals surface area (Å²) >= 11 is 0. The van der Waals surface area contributed by atoms with Gasteiger partial charge < -0.3 is 9.53 Å². The minimum absolute atomic E-state index is 0.293. The number of aliphatic hydroxyl groups is 1. The molecule has 0 spiro atoms. The van der Waals surface area contributed by atoms with Crippen molar-refractivity contribution in [2.24, 2.45) is 34.5 Å². The summed E-state index contributed by atoms with van der Waals surface area (Å²) in [6, 6.07) is 0. The lowest BCUT2D eigenvalue weighted by molar-refractivity contribution is -0.155. The second kappa shape index (κ2) is 7.84. The molecule has 180 valence electrons. The maximum absolute atomic E-state index is 11.2. The van der Waals surface area contributed by atoms with E-state index in [4.69, 9.17) is 4.43 Å². The summed E-state index contributed by atoms with van der Waals surface area (Å²) in [5, 5.41) is 11.5. The van der Waals surface area contributed by atoms with Crippen LogP contribution in [0.4, 0.5) is 0 Å². The standard InChI is InChI=1S/C28H52O2Si/c1-9-15-28(29)18-17-26(5)20(19-28)10-11-21-22-12-13-24(27(22,6)16-14-23(21)26)30-31(7,8)25(2,3)4/h20-24,29H,9-19H2,1-8H3/t20?,21-,22-,23-,24-,26-,27-,28-/m0/s1. The smallest absolute Gasteiger partial charge is 0.192 e. The lowest BCUT2D eigenvalue weighted by Crippen LogP contribution is -2.57. The largest absolute Gasteiger partial charge is 0.413 e. The van der Waals surface area contributed by atoms with E-state index in [9.17, 15) is 5.11 Å². The van der Waals surface area contributed by atoms with Crippen molar-refractivity contribution in [1.82, 2.24) is 0 Å². The Labute approximate surface area is 194 Å². The fraction of sp³-hybridized carbons (Fsp3) is 1.00. The molecule has 1 unspecified atom stereocenters. The van der Waals surface area contributed by atoms with Crippen LogP contribution in [0.5, 0.6) is 0 Å². The van der Waals surface area contributed by atoms with Crippen LogP contribution in [-0.4, -0.2) is 25.1 Å². The molecule has 4 saturated carbocycles. The second-order valence-corrected chi connectivity index (χ2v) is 19.1. The van der Waals surface area contributed by atoms with Crippen LogP contribution in [0, 0.1) is 34.5 Å². The van der Waals surface area contributed by atoms with Crippen LogP contribution in [-0.2, 0) is 4.43 Å². The van der Waals surface area contributed by atoms with Crippen molar-refractivity contribution in [2.75, 3.05) is 0 Å². The first-order valence-corrected chi connectivity index (χ1v) is 16.6. The Kier molecular flexibility index (Phi) is 6.13. The minimum Gasteiger partial charge on any atom is -0.413 e. The highest BCUT2D eigenvalue weighted by Gasteiger charge is 2.62. The molecule has 0 aliphatic heterocycles. The van der Waals surface area contributed by atoms with Crippen LogP contribution >= 0.6 is 0 Å². The van der Waals surface area contributed by atoms with E-state index in [0.29, 0.717) is 22.0 Å². The molecular formula is C28H52O2Si. The fourth-order valence-corrected chi connectivity index (χ4v) is 10.1. The highest BCUT2D eigenvalue weighted by molar-refractivity contribution is 6.74. The molecule has 0 bridgehead atoms. The molecule has 4 aliphatic carbocycles. The quantitative estimate of drug-likeness (QED) is 0.442. The third-order valence-corrected chi connectivity index (χ3v) is 16.2. The average Bonchev–Trinajstić information content (AvgIpc) is 2.98. The average molecular weight is 449 g/mol. The molecule has 0 radical (unpaired) electrons. The molecule has 31 heavy (non-hydrogen) atoms. The molecule has 3 heteroatoms. The Bertz CT molecular complexity index is 668. The molecule has 0 heterocycles. The molecule has 2 nitrogen and oxygen atoms in total. The zero-order valence-corrected chi connectivity index (χ0v) is 23.0. The van der Waals surface area contributed by atoms with Gasteiger partial charge in [-0.1, -0.05) is 48.0 Å². The lowest BCUT2D eigenvalue weighted by Gasteiger charge is -2.62. The Morgan fingerprint density at radius 2 is 1.58 bits per heavy atom.